The maximum absolute atomic E-state index is 12.8. The number of rotatable bonds is 6. The Labute approximate surface area is 157 Å². The molecule has 1 heterocycles. The standard InChI is InChI=1S/C18H18ClN3O3S/c1-3-22(26(23,24)16-10-8-15(19)9-11-16)12-17-20-18(21-25-17)14-6-4-13(2)5-7-14/h4-11H,3,12H2,1-2H3. The second-order valence-electron chi connectivity index (χ2n) is 5.76. The molecule has 0 amide bonds. The summed E-state index contributed by atoms with van der Waals surface area (Å²) >= 11 is 5.83. The minimum Gasteiger partial charge on any atom is -0.338 e. The van der Waals surface area contributed by atoms with Crippen molar-refractivity contribution >= 4 is 21.6 Å². The SMILES string of the molecule is CCN(Cc1nc(-c2ccc(C)cc2)no1)S(=O)(=O)c1ccc(Cl)cc1. The summed E-state index contributed by atoms with van der Waals surface area (Å²) in [5.74, 6) is 0.667. The quantitative estimate of drug-likeness (QED) is 0.636. The third-order valence-corrected chi connectivity index (χ3v) is 6.08. The lowest BCUT2D eigenvalue weighted by atomic mass is 10.1. The van der Waals surface area contributed by atoms with Crippen LogP contribution in [0.5, 0.6) is 0 Å². The van der Waals surface area contributed by atoms with Crippen LogP contribution in [-0.4, -0.2) is 29.4 Å². The second kappa shape index (κ2) is 7.57. The summed E-state index contributed by atoms with van der Waals surface area (Å²) < 4.78 is 32.1. The molecular formula is C18H18ClN3O3S. The fourth-order valence-electron chi connectivity index (χ4n) is 2.41. The fraction of sp³-hybridized carbons (Fsp3) is 0.222. The van der Waals surface area contributed by atoms with Gasteiger partial charge in [-0.3, -0.25) is 0 Å². The Morgan fingerprint density at radius 3 is 2.35 bits per heavy atom. The van der Waals surface area contributed by atoms with Crippen LogP contribution in [0, 0.1) is 6.92 Å². The molecule has 8 heteroatoms. The highest BCUT2D eigenvalue weighted by molar-refractivity contribution is 7.89. The highest BCUT2D eigenvalue weighted by Gasteiger charge is 2.25. The third-order valence-electron chi connectivity index (χ3n) is 3.89. The lowest BCUT2D eigenvalue weighted by Gasteiger charge is -2.18. The van der Waals surface area contributed by atoms with E-state index >= 15 is 0 Å². The summed E-state index contributed by atoms with van der Waals surface area (Å²) in [6, 6.07) is 13.7. The van der Waals surface area contributed by atoms with Crippen LogP contribution < -0.4 is 0 Å². The van der Waals surface area contributed by atoms with Gasteiger partial charge in [-0.05, 0) is 31.2 Å². The molecule has 0 saturated heterocycles. The first kappa shape index (κ1) is 18.6. The minimum absolute atomic E-state index is 0.000319. The Balaban J connectivity index is 1.82. The van der Waals surface area contributed by atoms with E-state index in [2.05, 4.69) is 10.1 Å². The summed E-state index contributed by atoms with van der Waals surface area (Å²) in [5.41, 5.74) is 1.94. The van der Waals surface area contributed by atoms with Crippen molar-refractivity contribution in [2.75, 3.05) is 6.54 Å². The van der Waals surface area contributed by atoms with Crippen molar-refractivity contribution in [2.45, 2.75) is 25.3 Å². The van der Waals surface area contributed by atoms with Gasteiger partial charge in [-0.15, -0.1) is 0 Å². The van der Waals surface area contributed by atoms with Gasteiger partial charge in [0.25, 0.3) is 0 Å². The van der Waals surface area contributed by atoms with Gasteiger partial charge in [-0.1, -0.05) is 53.5 Å². The van der Waals surface area contributed by atoms with Crippen LogP contribution in [0.15, 0.2) is 57.9 Å². The molecule has 136 valence electrons. The van der Waals surface area contributed by atoms with Gasteiger partial charge in [-0.2, -0.15) is 9.29 Å². The van der Waals surface area contributed by atoms with Crippen LogP contribution in [-0.2, 0) is 16.6 Å². The zero-order chi connectivity index (χ0) is 18.7. The molecule has 2 aromatic carbocycles. The van der Waals surface area contributed by atoms with Crippen LogP contribution in [0.25, 0.3) is 11.4 Å². The number of hydrogen-bond acceptors (Lipinski definition) is 5. The van der Waals surface area contributed by atoms with Gasteiger partial charge in [0, 0.05) is 17.1 Å². The molecule has 0 fully saturated rings. The molecule has 0 spiro atoms. The molecule has 1 aromatic heterocycles. The number of benzene rings is 2. The van der Waals surface area contributed by atoms with Gasteiger partial charge in [0.1, 0.15) is 0 Å². The predicted molar refractivity (Wildman–Crippen MR) is 99.2 cm³/mol. The summed E-state index contributed by atoms with van der Waals surface area (Å²) in [7, 11) is -3.68. The Kier molecular flexibility index (Phi) is 5.41. The van der Waals surface area contributed by atoms with Crippen molar-refractivity contribution in [2.24, 2.45) is 0 Å². The van der Waals surface area contributed by atoms with Crippen LogP contribution in [0.1, 0.15) is 18.4 Å². The molecule has 0 N–H and O–H groups in total. The average molecular weight is 392 g/mol. The molecule has 0 atom stereocenters. The average Bonchev–Trinajstić information content (AvgIpc) is 3.09. The Morgan fingerprint density at radius 1 is 1.08 bits per heavy atom. The number of halogens is 1. The number of sulfonamides is 1. The van der Waals surface area contributed by atoms with Crippen molar-refractivity contribution < 1.29 is 12.9 Å². The maximum atomic E-state index is 12.8. The first-order chi connectivity index (χ1) is 12.4. The molecule has 26 heavy (non-hydrogen) atoms. The first-order valence-corrected chi connectivity index (χ1v) is 9.87. The third kappa shape index (κ3) is 3.95. The van der Waals surface area contributed by atoms with Crippen LogP contribution >= 0.6 is 11.6 Å². The van der Waals surface area contributed by atoms with Crippen molar-refractivity contribution in [3.63, 3.8) is 0 Å². The second-order valence-corrected chi connectivity index (χ2v) is 8.14. The van der Waals surface area contributed by atoms with Gasteiger partial charge in [-0.25, -0.2) is 8.42 Å². The lowest BCUT2D eigenvalue weighted by Crippen LogP contribution is -2.30. The molecule has 0 unspecified atom stereocenters. The van der Waals surface area contributed by atoms with E-state index in [1.165, 1.54) is 16.4 Å². The van der Waals surface area contributed by atoms with Gasteiger partial charge >= 0.3 is 0 Å². The van der Waals surface area contributed by atoms with Gasteiger partial charge in [0.2, 0.25) is 21.7 Å². The summed E-state index contributed by atoms with van der Waals surface area (Å²) in [6.07, 6.45) is 0. The molecule has 0 aliphatic carbocycles. The molecule has 0 saturated carbocycles. The van der Waals surface area contributed by atoms with E-state index in [-0.39, 0.29) is 23.9 Å². The topological polar surface area (TPSA) is 76.3 Å². The lowest BCUT2D eigenvalue weighted by molar-refractivity contribution is 0.321. The number of aryl methyl sites for hydroxylation is 1. The van der Waals surface area contributed by atoms with Crippen LogP contribution in [0.4, 0.5) is 0 Å². The molecule has 6 nitrogen and oxygen atoms in total. The van der Waals surface area contributed by atoms with Gasteiger partial charge in [0.15, 0.2) is 0 Å². The van der Waals surface area contributed by atoms with E-state index in [0.717, 1.165) is 11.1 Å². The Hall–Kier alpha value is -2.22. The maximum Gasteiger partial charge on any atom is 0.243 e. The van der Waals surface area contributed by atoms with E-state index in [0.29, 0.717) is 10.8 Å². The van der Waals surface area contributed by atoms with Gasteiger partial charge < -0.3 is 4.52 Å². The van der Waals surface area contributed by atoms with E-state index in [1.807, 2.05) is 31.2 Å². The first-order valence-electron chi connectivity index (χ1n) is 8.05. The van der Waals surface area contributed by atoms with Crippen molar-refractivity contribution in [1.29, 1.82) is 0 Å². The highest BCUT2D eigenvalue weighted by Crippen LogP contribution is 2.21. The predicted octanol–water partition coefficient (Wildman–Crippen LogP) is 3.91. The zero-order valence-electron chi connectivity index (χ0n) is 14.4. The normalized spacial score (nSPS) is 11.8. The molecule has 3 rings (SSSR count). The summed E-state index contributed by atoms with van der Waals surface area (Å²) in [4.78, 5) is 4.48. The molecule has 0 aliphatic heterocycles. The van der Waals surface area contributed by atoms with Gasteiger partial charge in [0.05, 0.1) is 11.4 Å². The van der Waals surface area contributed by atoms with Crippen LogP contribution in [0.3, 0.4) is 0 Å². The van der Waals surface area contributed by atoms with Crippen molar-refractivity contribution in [3.05, 3.63) is 65.0 Å². The fourth-order valence-corrected chi connectivity index (χ4v) is 3.94. The van der Waals surface area contributed by atoms with E-state index < -0.39 is 10.0 Å². The van der Waals surface area contributed by atoms with Crippen molar-refractivity contribution in [3.8, 4) is 11.4 Å². The monoisotopic (exact) mass is 391 g/mol. The summed E-state index contributed by atoms with van der Waals surface area (Å²) in [6.45, 7) is 4.02. The molecule has 3 aromatic rings. The van der Waals surface area contributed by atoms with E-state index in [4.69, 9.17) is 16.1 Å². The summed E-state index contributed by atoms with van der Waals surface area (Å²) in [5, 5.41) is 4.42. The van der Waals surface area contributed by atoms with Crippen molar-refractivity contribution in [1.82, 2.24) is 14.4 Å². The van der Waals surface area contributed by atoms with E-state index in [9.17, 15) is 8.42 Å². The smallest absolute Gasteiger partial charge is 0.243 e. The number of aromatic nitrogens is 2. The molecule has 0 aliphatic rings. The number of hydrogen-bond donors (Lipinski definition) is 0. The number of nitrogens with zero attached hydrogens (tertiary/aromatic N) is 3. The largest absolute Gasteiger partial charge is 0.338 e. The van der Waals surface area contributed by atoms with Crippen LogP contribution in [0.2, 0.25) is 5.02 Å². The van der Waals surface area contributed by atoms with E-state index in [1.54, 1.807) is 19.1 Å². The molecule has 0 bridgehead atoms. The highest BCUT2D eigenvalue weighted by atomic mass is 35.5. The Morgan fingerprint density at radius 2 is 1.73 bits per heavy atom. The molecular weight excluding hydrogens is 374 g/mol. The Bertz CT molecular complexity index is 983. The minimum atomic E-state index is -3.68. The zero-order valence-corrected chi connectivity index (χ0v) is 16.0. The molecule has 0 radical (unpaired) electrons.